The van der Waals surface area contributed by atoms with Gasteiger partial charge in [-0.3, -0.25) is 19.5 Å². The lowest BCUT2D eigenvalue weighted by Gasteiger charge is -2.16. The van der Waals surface area contributed by atoms with Crippen molar-refractivity contribution in [1.82, 2.24) is 9.88 Å². The zero-order chi connectivity index (χ0) is 22.5. The van der Waals surface area contributed by atoms with Crippen LogP contribution < -0.4 is 5.32 Å². The van der Waals surface area contributed by atoms with Crippen LogP contribution >= 0.6 is 27.7 Å². The molecule has 1 N–H and O–H groups in total. The van der Waals surface area contributed by atoms with Crippen LogP contribution in [-0.4, -0.2) is 32.1 Å². The van der Waals surface area contributed by atoms with Gasteiger partial charge in [0.25, 0.3) is 0 Å². The van der Waals surface area contributed by atoms with E-state index in [-0.39, 0.29) is 18.2 Å². The summed E-state index contributed by atoms with van der Waals surface area (Å²) in [5.74, 6) is -0.368. The van der Waals surface area contributed by atoms with Crippen molar-refractivity contribution >= 4 is 56.0 Å². The van der Waals surface area contributed by atoms with Crippen molar-refractivity contribution < 1.29 is 9.59 Å². The number of nitrogens with one attached hydrogen (secondary N) is 1. The fourth-order valence-corrected chi connectivity index (χ4v) is 4.78. The zero-order valence-corrected chi connectivity index (χ0v) is 19.8. The van der Waals surface area contributed by atoms with Crippen LogP contribution in [0.3, 0.4) is 0 Å². The number of anilines is 1. The molecule has 0 unspecified atom stereocenters. The number of amidine groups is 1. The Morgan fingerprint density at radius 2 is 1.88 bits per heavy atom. The van der Waals surface area contributed by atoms with Crippen molar-refractivity contribution in [3.8, 4) is 0 Å². The van der Waals surface area contributed by atoms with Crippen LogP contribution in [0.5, 0.6) is 0 Å². The number of pyridine rings is 1. The molecule has 0 radical (unpaired) electrons. The van der Waals surface area contributed by atoms with Gasteiger partial charge in [0.1, 0.15) is 5.25 Å². The van der Waals surface area contributed by atoms with Gasteiger partial charge in [-0.15, -0.1) is 0 Å². The van der Waals surface area contributed by atoms with Crippen molar-refractivity contribution in [2.75, 3.05) is 5.32 Å². The van der Waals surface area contributed by atoms with Crippen molar-refractivity contribution in [2.45, 2.75) is 25.1 Å². The summed E-state index contributed by atoms with van der Waals surface area (Å²) in [4.78, 5) is 36.7. The Morgan fingerprint density at radius 1 is 1.12 bits per heavy atom. The van der Waals surface area contributed by atoms with Gasteiger partial charge in [0.05, 0.1) is 23.6 Å². The lowest BCUT2D eigenvalue weighted by atomic mass is 10.2. The first-order valence-corrected chi connectivity index (χ1v) is 11.7. The maximum absolute atomic E-state index is 13.3. The molecule has 1 aromatic heterocycles. The molecule has 2 heterocycles. The third kappa shape index (κ3) is 5.26. The summed E-state index contributed by atoms with van der Waals surface area (Å²) in [6, 6.07) is 20.7. The lowest BCUT2D eigenvalue weighted by molar-refractivity contribution is -0.128. The fourth-order valence-electron chi connectivity index (χ4n) is 3.25. The molecule has 8 heteroatoms. The van der Waals surface area contributed by atoms with Gasteiger partial charge in [-0.2, -0.15) is 0 Å². The van der Waals surface area contributed by atoms with E-state index in [1.807, 2.05) is 73.7 Å². The molecule has 6 nitrogen and oxygen atoms in total. The largest absolute Gasteiger partial charge is 0.325 e. The number of aryl methyl sites for hydroxylation is 1. The minimum Gasteiger partial charge on any atom is -0.325 e. The Labute approximate surface area is 199 Å². The summed E-state index contributed by atoms with van der Waals surface area (Å²) < 4.78 is 0.789. The molecule has 2 amide bonds. The van der Waals surface area contributed by atoms with Crippen molar-refractivity contribution in [3.63, 3.8) is 0 Å². The van der Waals surface area contributed by atoms with Gasteiger partial charge < -0.3 is 5.32 Å². The second kappa shape index (κ2) is 10.1. The van der Waals surface area contributed by atoms with Crippen LogP contribution in [0.15, 0.2) is 82.4 Å². The quantitative estimate of drug-likeness (QED) is 0.489. The number of nitrogens with zero attached hydrogens (tertiary/aromatic N) is 3. The minimum absolute atomic E-state index is 0.0519. The molecule has 1 aliphatic rings. The van der Waals surface area contributed by atoms with Gasteiger partial charge >= 0.3 is 0 Å². The molecule has 3 aromatic rings. The van der Waals surface area contributed by atoms with Gasteiger partial charge in [0.15, 0.2) is 5.17 Å². The molecule has 1 atom stereocenters. The number of hydrogen-bond donors (Lipinski definition) is 1. The molecule has 162 valence electrons. The molecule has 1 fully saturated rings. The number of benzene rings is 2. The van der Waals surface area contributed by atoms with Gasteiger partial charge in [-0.05, 0) is 58.7 Å². The number of para-hydroxylation sites is 2. The summed E-state index contributed by atoms with van der Waals surface area (Å²) in [6.07, 6.45) is 1.75. The van der Waals surface area contributed by atoms with Crippen LogP contribution in [0, 0.1) is 6.92 Å². The summed E-state index contributed by atoms with van der Waals surface area (Å²) in [7, 11) is 0. The normalized spacial score (nSPS) is 17.1. The number of carbonyl (C=O) groups excluding carboxylic acids is 2. The highest BCUT2D eigenvalue weighted by molar-refractivity contribution is 9.10. The van der Waals surface area contributed by atoms with Gasteiger partial charge in [-0.25, -0.2) is 4.99 Å². The second-order valence-electron chi connectivity index (χ2n) is 7.26. The summed E-state index contributed by atoms with van der Waals surface area (Å²) in [5, 5.41) is 2.90. The standard InChI is InChI=1S/C24H21BrN4O2S/c1-16-8-2-4-11-19(16)28-24-29(15-17-9-6-7-13-26-17)23(31)21(32-24)14-22(30)27-20-12-5-3-10-18(20)25/h2-13,21H,14-15H2,1H3,(H,27,30)/t21-/m0/s1. The van der Waals surface area contributed by atoms with Gasteiger partial charge in [0, 0.05) is 17.1 Å². The zero-order valence-electron chi connectivity index (χ0n) is 17.4. The van der Waals surface area contributed by atoms with Crippen LogP contribution in [0.1, 0.15) is 17.7 Å². The molecule has 1 saturated heterocycles. The number of thioether (sulfide) groups is 1. The van der Waals surface area contributed by atoms with E-state index >= 15 is 0 Å². The third-order valence-corrected chi connectivity index (χ3v) is 6.78. The van der Waals surface area contributed by atoms with E-state index in [1.165, 1.54) is 11.8 Å². The number of aromatic nitrogens is 1. The van der Waals surface area contributed by atoms with Crippen molar-refractivity contribution in [2.24, 2.45) is 4.99 Å². The second-order valence-corrected chi connectivity index (χ2v) is 9.29. The maximum atomic E-state index is 13.3. The number of rotatable bonds is 6. The Kier molecular flexibility index (Phi) is 7.02. The molecular formula is C24H21BrN4O2S. The highest BCUT2D eigenvalue weighted by atomic mass is 79.9. The Hall–Kier alpha value is -2.97. The van der Waals surface area contributed by atoms with Crippen LogP contribution in [-0.2, 0) is 16.1 Å². The Bertz CT molecular complexity index is 1170. The molecule has 1 aliphatic heterocycles. The summed E-state index contributed by atoms with van der Waals surface area (Å²) >= 11 is 4.75. The van der Waals surface area contributed by atoms with Crippen LogP contribution in [0.25, 0.3) is 0 Å². The first kappa shape index (κ1) is 22.2. The Morgan fingerprint density at radius 3 is 2.62 bits per heavy atom. The minimum atomic E-state index is -0.552. The van der Waals surface area contributed by atoms with E-state index in [4.69, 9.17) is 4.99 Å². The van der Waals surface area contributed by atoms with Crippen LogP contribution in [0.4, 0.5) is 11.4 Å². The molecule has 2 aromatic carbocycles. The topological polar surface area (TPSA) is 74.7 Å². The number of hydrogen-bond acceptors (Lipinski definition) is 5. The smallest absolute Gasteiger partial charge is 0.243 e. The average Bonchev–Trinajstić information content (AvgIpc) is 3.06. The van der Waals surface area contributed by atoms with E-state index in [0.717, 1.165) is 21.4 Å². The molecule has 0 aliphatic carbocycles. The summed E-state index contributed by atoms with van der Waals surface area (Å²) in [6.45, 7) is 2.28. The molecule has 0 saturated carbocycles. The van der Waals surface area contributed by atoms with E-state index in [0.29, 0.717) is 17.4 Å². The number of aliphatic imine (C=N–C) groups is 1. The van der Waals surface area contributed by atoms with Crippen LogP contribution in [0.2, 0.25) is 0 Å². The predicted octanol–water partition coefficient (Wildman–Crippen LogP) is 5.31. The first-order valence-electron chi connectivity index (χ1n) is 10.1. The third-order valence-electron chi connectivity index (χ3n) is 4.92. The van der Waals surface area contributed by atoms with Crippen molar-refractivity contribution in [3.05, 3.63) is 88.7 Å². The molecular weight excluding hydrogens is 488 g/mol. The van der Waals surface area contributed by atoms with E-state index in [9.17, 15) is 9.59 Å². The van der Waals surface area contributed by atoms with Gasteiger partial charge in [-0.1, -0.05) is 48.2 Å². The molecule has 0 spiro atoms. The lowest BCUT2D eigenvalue weighted by Crippen LogP contribution is -2.33. The maximum Gasteiger partial charge on any atom is 0.243 e. The highest BCUT2D eigenvalue weighted by Crippen LogP contribution is 2.34. The number of amides is 2. The average molecular weight is 509 g/mol. The monoisotopic (exact) mass is 508 g/mol. The fraction of sp³-hybridized carbons (Fsp3) is 0.167. The van der Waals surface area contributed by atoms with Crippen molar-refractivity contribution in [1.29, 1.82) is 0 Å². The Balaban J connectivity index is 1.56. The van der Waals surface area contributed by atoms with E-state index in [1.54, 1.807) is 11.1 Å². The molecule has 32 heavy (non-hydrogen) atoms. The number of halogens is 1. The SMILES string of the molecule is Cc1ccccc1N=C1S[C@@H](CC(=O)Nc2ccccc2Br)C(=O)N1Cc1ccccn1. The summed E-state index contributed by atoms with van der Waals surface area (Å²) in [5.41, 5.74) is 3.25. The van der Waals surface area contributed by atoms with E-state index < -0.39 is 5.25 Å². The first-order chi connectivity index (χ1) is 15.5. The molecule has 0 bridgehead atoms. The predicted molar refractivity (Wildman–Crippen MR) is 132 cm³/mol. The van der Waals surface area contributed by atoms with Gasteiger partial charge in [0.2, 0.25) is 11.8 Å². The number of carbonyl (C=O) groups is 2. The highest BCUT2D eigenvalue weighted by Gasteiger charge is 2.39. The van der Waals surface area contributed by atoms with E-state index in [2.05, 4.69) is 26.2 Å². The molecule has 4 rings (SSSR count).